The first-order chi connectivity index (χ1) is 9.90. The second kappa shape index (κ2) is 8.90. The number of hydrogen-bond acceptors (Lipinski definition) is 2. The van der Waals surface area contributed by atoms with Crippen LogP contribution in [0, 0.1) is 11.8 Å². The van der Waals surface area contributed by atoms with E-state index < -0.39 is 5.97 Å². The van der Waals surface area contributed by atoms with Gasteiger partial charge in [0.1, 0.15) is 0 Å². The lowest BCUT2D eigenvalue weighted by Gasteiger charge is -2.28. The van der Waals surface area contributed by atoms with Crippen LogP contribution in [0.5, 0.6) is 0 Å². The predicted molar refractivity (Wildman–Crippen MR) is 83.2 cm³/mol. The first kappa shape index (κ1) is 17.8. The molecule has 2 N–H and O–H groups in total. The molecule has 1 aliphatic rings. The van der Waals surface area contributed by atoms with E-state index in [9.17, 15) is 9.59 Å². The molecule has 0 saturated heterocycles. The van der Waals surface area contributed by atoms with E-state index in [0.717, 1.165) is 18.3 Å². The molecule has 122 valence electrons. The van der Waals surface area contributed by atoms with Crippen molar-refractivity contribution < 1.29 is 14.7 Å². The molecular formula is C16H30N2O3. The van der Waals surface area contributed by atoms with E-state index in [0.29, 0.717) is 6.54 Å². The van der Waals surface area contributed by atoms with Crippen LogP contribution in [0.1, 0.15) is 59.3 Å². The van der Waals surface area contributed by atoms with Crippen LogP contribution in [0.4, 0.5) is 4.79 Å². The fraction of sp³-hybridized carbons (Fsp3) is 0.875. The topological polar surface area (TPSA) is 69.6 Å². The molecule has 0 aliphatic heterocycles. The first-order valence-corrected chi connectivity index (χ1v) is 8.16. The van der Waals surface area contributed by atoms with Crippen LogP contribution in [0.15, 0.2) is 0 Å². The molecule has 0 aromatic heterocycles. The Morgan fingerprint density at radius 2 is 2.05 bits per heavy atom. The average molecular weight is 298 g/mol. The Hall–Kier alpha value is -1.26. The lowest BCUT2D eigenvalue weighted by atomic mass is 9.81. The molecule has 2 atom stereocenters. The van der Waals surface area contributed by atoms with Crippen LogP contribution in [-0.2, 0) is 4.79 Å². The van der Waals surface area contributed by atoms with Crippen LogP contribution in [0.3, 0.4) is 0 Å². The molecule has 0 spiro atoms. The number of urea groups is 1. The molecule has 0 radical (unpaired) electrons. The quantitative estimate of drug-likeness (QED) is 0.759. The average Bonchev–Trinajstić information content (AvgIpc) is 2.38. The number of carboxylic acids is 1. The Bertz CT molecular complexity index is 344. The molecule has 1 fully saturated rings. The number of carbonyl (C=O) groups excluding carboxylic acids is 1. The van der Waals surface area contributed by atoms with Gasteiger partial charge in [0.15, 0.2) is 0 Å². The third-order valence-electron chi connectivity index (χ3n) is 4.32. The van der Waals surface area contributed by atoms with Crippen LogP contribution < -0.4 is 5.32 Å². The highest BCUT2D eigenvalue weighted by Crippen LogP contribution is 2.30. The van der Waals surface area contributed by atoms with Crippen molar-refractivity contribution in [2.24, 2.45) is 11.8 Å². The molecule has 0 bridgehead atoms. The number of amides is 2. The van der Waals surface area contributed by atoms with Gasteiger partial charge in [-0.2, -0.15) is 0 Å². The molecule has 21 heavy (non-hydrogen) atoms. The van der Waals surface area contributed by atoms with Crippen LogP contribution in [-0.4, -0.2) is 41.1 Å². The lowest BCUT2D eigenvalue weighted by molar-refractivity contribution is -0.137. The van der Waals surface area contributed by atoms with Gasteiger partial charge in [0.25, 0.3) is 0 Å². The standard InChI is InChI=1S/C16H30N2O3/c1-12(2)18(10-8-15(19)20)16(21)17-9-7-14-6-4-5-13(3)11-14/h12-14H,4-11H2,1-3H3,(H,17,21)(H,19,20). The number of nitrogens with one attached hydrogen (secondary N) is 1. The van der Waals surface area contributed by atoms with Crippen molar-refractivity contribution in [1.29, 1.82) is 0 Å². The Balaban J connectivity index is 2.30. The fourth-order valence-electron chi connectivity index (χ4n) is 3.12. The molecule has 0 aromatic rings. The molecule has 5 nitrogen and oxygen atoms in total. The zero-order valence-corrected chi connectivity index (χ0v) is 13.6. The van der Waals surface area contributed by atoms with Crippen LogP contribution >= 0.6 is 0 Å². The molecule has 1 saturated carbocycles. The Morgan fingerprint density at radius 3 is 2.62 bits per heavy atom. The molecule has 1 rings (SSSR count). The summed E-state index contributed by atoms with van der Waals surface area (Å²) in [5.74, 6) is 0.660. The van der Waals surface area contributed by atoms with Crippen molar-refractivity contribution in [1.82, 2.24) is 10.2 Å². The number of carboxylic acid groups (broad SMARTS) is 1. The van der Waals surface area contributed by atoms with E-state index in [1.807, 2.05) is 13.8 Å². The Labute approximate surface area is 128 Å². The minimum atomic E-state index is -0.871. The van der Waals surface area contributed by atoms with Gasteiger partial charge in [0, 0.05) is 19.1 Å². The Kier molecular flexibility index (Phi) is 7.54. The van der Waals surface area contributed by atoms with Gasteiger partial charge < -0.3 is 15.3 Å². The van der Waals surface area contributed by atoms with E-state index in [-0.39, 0.29) is 25.0 Å². The van der Waals surface area contributed by atoms with Crippen molar-refractivity contribution in [3.63, 3.8) is 0 Å². The molecule has 0 aromatic carbocycles. The largest absolute Gasteiger partial charge is 0.481 e. The monoisotopic (exact) mass is 298 g/mol. The summed E-state index contributed by atoms with van der Waals surface area (Å²) < 4.78 is 0. The van der Waals surface area contributed by atoms with Crippen molar-refractivity contribution in [3.05, 3.63) is 0 Å². The number of rotatable bonds is 7. The van der Waals surface area contributed by atoms with Crippen molar-refractivity contribution in [3.8, 4) is 0 Å². The minimum absolute atomic E-state index is 0.00819. The van der Waals surface area contributed by atoms with Gasteiger partial charge in [-0.1, -0.05) is 26.2 Å². The number of hydrogen-bond donors (Lipinski definition) is 2. The summed E-state index contributed by atoms with van der Waals surface area (Å²) in [6.45, 7) is 7.07. The van der Waals surface area contributed by atoms with Crippen molar-refractivity contribution in [2.45, 2.75) is 65.3 Å². The van der Waals surface area contributed by atoms with E-state index in [2.05, 4.69) is 12.2 Å². The number of nitrogens with zero attached hydrogens (tertiary/aromatic N) is 1. The molecule has 5 heteroatoms. The highest BCUT2D eigenvalue weighted by molar-refractivity contribution is 5.75. The molecule has 1 aliphatic carbocycles. The van der Waals surface area contributed by atoms with E-state index in [1.54, 1.807) is 4.90 Å². The fourth-order valence-corrected chi connectivity index (χ4v) is 3.12. The summed E-state index contributed by atoms with van der Waals surface area (Å²) in [5.41, 5.74) is 0. The molecular weight excluding hydrogens is 268 g/mol. The minimum Gasteiger partial charge on any atom is -0.481 e. The first-order valence-electron chi connectivity index (χ1n) is 8.16. The zero-order valence-electron chi connectivity index (χ0n) is 13.6. The normalized spacial score (nSPS) is 22.1. The van der Waals surface area contributed by atoms with Crippen LogP contribution in [0.25, 0.3) is 0 Å². The van der Waals surface area contributed by atoms with Crippen LogP contribution in [0.2, 0.25) is 0 Å². The second-order valence-corrected chi connectivity index (χ2v) is 6.59. The second-order valence-electron chi connectivity index (χ2n) is 6.59. The number of aliphatic carboxylic acids is 1. The SMILES string of the molecule is CC1CCCC(CCNC(=O)N(CCC(=O)O)C(C)C)C1. The zero-order chi connectivity index (χ0) is 15.8. The van der Waals surface area contributed by atoms with Gasteiger partial charge in [-0.15, -0.1) is 0 Å². The smallest absolute Gasteiger partial charge is 0.317 e. The maximum Gasteiger partial charge on any atom is 0.317 e. The van der Waals surface area contributed by atoms with Gasteiger partial charge in [0.2, 0.25) is 0 Å². The Morgan fingerprint density at radius 1 is 1.33 bits per heavy atom. The van der Waals surface area contributed by atoms with Gasteiger partial charge in [-0.3, -0.25) is 4.79 Å². The molecule has 2 unspecified atom stereocenters. The highest BCUT2D eigenvalue weighted by atomic mass is 16.4. The van der Waals surface area contributed by atoms with Gasteiger partial charge in [0.05, 0.1) is 6.42 Å². The van der Waals surface area contributed by atoms with Gasteiger partial charge in [-0.25, -0.2) is 4.79 Å². The maximum absolute atomic E-state index is 12.1. The summed E-state index contributed by atoms with van der Waals surface area (Å²) in [7, 11) is 0. The van der Waals surface area contributed by atoms with E-state index in [1.165, 1.54) is 25.7 Å². The summed E-state index contributed by atoms with van der Waals surface area (Å²) in [5, 5.41) is 11.7. The maximum atomic E-state index is 12.1. The third-order valence-corrected chi connectivity index (χ3v) is 4.32. The van der Waals surface area contributed by atoms with E-state index in [4.69, 9.17) is 5.11 Å². The van der Waals surface area contributed by atoms with Gasteiger partial charge >= 0.3 is 12.0 Å². The predicted octanol–water partition coefficient (Wildman–Crippen LogP) is 3.10. The number of carbonyl (C=O) groups is 2. The summed E-state index contributed by atoms with van der Waals surface area (Å²) in [4.78, 5) is 24.4. The molecule has 0 heterocycles. The lowest BCUT2D eigenvalue weighted by Crippen LogP contribution is -2.45. The van der Waals surface area contributed by atoms with Gasteiger partial charge in [-0.05, 0) is 38.5 Å². The van der Waals surface area contributed by atoms with E-state index >= 15 is 0 Å². The summed E-state index contributed by atoms with van der Waals surface area (Å²) >= 11 is 0. The van der Waals surface area contributed by atoms with Crippen molar-refractivity contribution >= 4 is 12.0 Å². The van der Waals surface area contributed by atoms with Crippen molar-refractivity contribution in [2.75, 3.05) is 13.1 Å². The molecule has 2 amide bonds. The third kappa shape index (κ3) is 6.82. The summed E-state index contributed by atoms with van der Waals surface area (Å²) in [6, 6.07) is -0.130. The summed E-state index contributed by atoms with van der Waals surface area (Å²) in [6.07, 6.45) is 6.19. The highest BCUT2D eigenvalue weighted by Gasteiger charge is 2.20.